The van der Waals surface area contributed by atoms with Crippen molar-refractivity contribution in [3.8, 4) is 0 Å². The Balaban J connectivity index is 2.06. The van der Waals surface area contributed by atoms with Gasteiger partial charge in [-0.1, -0.05) is 13.8 Å². The molecule has 0 atom stereocenters. The number of nitrogens with one attached hydrogen (secondary N) is 1. The van der Waals surface area contributed by atoms with Gasteiger partial charge in [0.1, 0.15) is 0 Å². The zero-order chi connectivity index (χ0) is 13.4. The highest BCUT2D eigenvalue weighted by Crippen LogP contribution is 2.06. The summed E-state index contributed by atoms with van der Waals surface area (Å²) < 4.78 is 0. The summed E-state index contributed by atoms with van der Waals surface area (Å²) in [7, 11) is 2.17. The van der Waals surface area contributed by atoms with Crippen molar-refractivity contribution in [2.45, 2.75) is 33.1 Å². The molecular weight excluding hydrogens is 226 g/mol. The van der Waals surface area contributed by atoms with Crippen molar-refractivity contribution < 1.29 is 4.79 Å². The summed E-state index contributed by atoms with van der Waals surface area (Å²) in [5, 5.41) is 3.06. The van der Waals surface area contributed by atoms with Gasteiger partial charge < -0.3 is 15.1 Å². The lowest BCUT2D eigenvalue weighted by molar-refractivity contribution is -0.125. The number of hydrogen-bond acceptors (Lipinski definition) is 3. The van der Waals surface area contributed by atoms with E-state index in [4.69, 9.17) is 0 Å². The number of carbonyl (C=O) groups excluding carboxylic acids is 1. The molecule has 1 saturated heterocycles. The summed E-state index contributed by atoms with van der Waals surface area (Å²) in [6.07, 6.45) is 2.96. The summed E-state index contributed by atoms with van der Waals surface area (Å²) in [6, 6.07) is 0. The molecular formula is C14H29N3O. The molecule has 0 aromatic carbocycles. The number of hydrogen-bond donors (Lipinski definition) is 1. The molecule has 0 saturated carbocycles. The standard InChI is InChI=1S/C14H29N3O/c1-4-13(5-2)14(18)15-7-6-8-17-11-9-16(3)10-12-17/h13H,4-12H2,1-3H3,(H,15,18). The highest BCUT2D eigenvalue weighted by atomic mass is 16.1. The fourth-order valence-corrected chi connectivity index (χ4v) is 2.39. The van der Waals surface area contributed by atoms with Gasteiger partial charge in [0.2, 0.25) is 5.91 Å². The predicted molar refractivity (Wildman–Crippen MR) is 75.6 cm³/mol. The van der Waals surface area contributed by atoms with Crippen molar-refractivity contribution in [2.24, 2.45) is 5.92 Å². The normalized spacial score (nSPS) is 18.2. The Labute approximate surface area is 112 Å². The zero-order valence-corrected chi connectivity index (χ0v) is 12.2. The van der Waals surface area contributed by atoms with Crippen LogP contribution < -0.4 is 5.32 Å². The van der Waals surface area contributed by atoms with Crippen molar-refractivity contribution in [3.63, 3.8) is 0 Å². The lowest BCUT2D eigenvalue weighted by Crippen LogP contribution is -2.45. The van der Waals surface area contributed by atoms with Crippen LogP contribution in [0.15, 0.2) is 0 Å². The van der Waals surface area contributed by atoms with E-state index < -0.39 is 0 Å². The first-order valence-corrected chi connectivity index (χ1v) is 7.36. The van der Waals surface area contributed by atoms with Crippen LogP contribution >= 0.6 is 0 Å². The Kier molecular flexibility index (Phi) is 7.28. The Morgan fingerprint density at radius 2 is 1.78 bits per heavy atom. The number of piperazine rings is 1. The number of nitrogens with zero attached hydrogens (tertiary/aromatic N) is 2. The second kappa shape index (κ2) is 8.48. The molecule has 18 heavy (non-hydrogen) atoms. The minimum atomic E-state index is 0.202. The first kappa shape index (κ1) is 15.4. The number of likely N-dealkylation sites (N-methyl/N-ethyl adjacent to an activating group) is 1. The Hall–Kier alpha value is -0.610. The SMILES string of the molecule is CCC(CC)C(=O)NCCCN1CCN(C)CC1. The van der Waals surface area contributed by atoms with Gasteiger partial charge in [0, 0.05) is 38.6 Å². The summed E-state index contributed by atoms with van der Waals surface area (Å²) in [6.45, 7) is 10.8. The lowest BCUT2D eigenvalue weighted by Gasteiger charge is -2.32. The zero-order valence-electron chi connectivity index (χ0n) is 12.2. The minimum absolute atomic E-state index is 0.202. The van der Waals surface area contributed by atoms with Crippen molar-refractivity contribution >= 4 is 5.91 Å². The van der Waals surface area contributed by atoms with Gasteiger partial charge in [0.05, 0.1) is 0 Å². The smallest absolute Gasteiger partial charge is 0.223 e. The van der Waals surface area contributed by atoms with Gasteiger partial charge in [-0.25, -0.2) is 0 Å². The van der Waals surface area contributed by atoms with Crippen LogP contribution in [0.3, 0.4) is 0 Å². The summed E-state index contributed by atoms with van der Waals surface area (Å²) in [5.41, 5.74) is 0. The van der Waals surface area contributed by atoms with Crippen LogP contribution in [0.2, 0.25) is 0 Å². The fraction of sp³-hybridized carbons (Fsp3) is 0.929. The molecule has 0 unspecified atom stereocenters. The quantitative estimate of drug-likeness (QED) is 0.694. The first-order chi connectivity index (χ1) is 8.67. The van der Waals surface area contributed by atoms with Crippen LogP contribution in [0.5, 0.6) is 0 Å². The average molecular weight is 255 g/mol. The van der Waals surface area contributed by atoms with E-state index in [1.54, 1.807) is 0 Å². The third kappa shape index (κ3) is 5.36. The maximum Gasteiger partial charge on any atom is 0.223 e. The second-order valence-corrected chi connectivity index (χ2v) is 5.30. The monoisotopic (exact) mass is 255 g/mol. The van der Waals surface area contributed by atoms with Crippen molar-refractivity contribution in [1.29, 1.82) is 0 Å². The van der Waals surface area contributed by atoms with Crippen LogP contribution in [0.4, 0.5) is 0 Å². The molecule has 1 fully saturated rings. The molecule has 0 spiro atoms. The average Bonchev–Trinajstić information content (AvgIpc) is 2.38. The molecule has 4 heteroatoms. The van der Waals surface area contributed by atoms with Crippen molar-refractivity contribution in [1.82, 2.24) is 15.1 Å². The summed E-state index contributed by atoms with van der Waals surface area (Å²) >= 11 is 0. The number of rotatable bonds is 7. The molecule has 4 nitrogen and oxygen atoms in total. The van der Waals surface area contributed by atoms with Gasteiger partial charge in [-0.05, 0) is 32.9 Å². The van der Waals surface area contributed by atoms with Crippen LogP contribution in [0.1, 0.15) is 33.1 Å². The molecule has 0 aliphatic carbocycles. The maximum absolute atomic E-state index is 11.8. The van der Waals surface area contributed by atoms with Crippen LogP contribution in [0, 0.1) is 5.92 Å². The number of amides is 1. The Morgan fingerprint density at radius 1 is 1.17 bits per heavy atom. The van der Waals surface area contributed by atoms with E-state index in [2.05, 4.69) is 36.0 Å². The molecule has 1 aliphatic rings. The van der Waals surface area contributed by atoms with E-state index in [1.807, 2.05) is 0 Å². The lowest BCUT2D eigenvalue weighted by atomic mass is 10.0. The molecule has 0 bridgehead atoms. The number of carbonyl (C=O) groups is 1. The summed E-state index contributed by atoms with van der Waals surface area (Å²) in [4.78, 5) is 16.6. The van der Waals surface area contributed by atoms with E-state index in [0.29, 0.717) is 0 Å². The molecule has 0 aromatic rings. The van der Waals surface area contributed by atoms with E-state index >= 15 is 0 Å². The third-order valence-electron chi connectivity index (χ3n) is 3.90. The van der Waals surface area contributed by atoms with Crippen molar-refractivity contribution in [2.75, 3.05) is 46.3 Å². The molecule has 0 aromatic heterocycles. The van der Waals surface area contributed by atoms with Crippen LogP contribution in [-0.4, -0.2) is 62.0 Å². The van der Waals surface area contributed by atoms with Gasteiger partial charge in [0.25, 0.3) is 0 Å². The minimum Gasteiger partial charge on any atom is -0.356 e. The molecule has 106 valence electrons. The molecule has 0 radical (unpaired) electrons. The van der Waals surface area contributed by atoms with Crippen LogP contribution in [0.25, 0.3) is 0 Å². The van der Waals surface area contributed by atoms with E-state index in [-0.39, 0.29) is 11.8 Å². The fourth-order valence-electron chi connectivity index (χ4n) is 2.39. The molecule has 1 heterocycles. The largest absolute Gasteiger partial charge is 0.356 e. The Bertz CT molecular complexity index is 233. The van der Waals surface area contributed by atoms with Gasteiger partial charge >= 0.3 is 0 Å². The topological polar surface area (TPSA) is 35.6 Å². The van der Waals surface area contributed by atoms with Crippen LogP contribution in [-0.2, 0) is 4.79 Å². The molecule has 1 amide bonds. The maximum atomic E-state index is 11.8. The molecule has 1 aliphatic heterocycles. The third-order valence-corrected chi connectivity index (χ3v) is 3.90. The van der Waals surface area contributed by atoms with Crippen molar-refractivity contribution in [3.05, 3.63) is 0 Å². The molecule has 1 rings (SSSR count). The summed E-state index contributed by atoms with van der Waals surface area (Å²) in [5.74, 6) is 0.437. The van der Waals surface area contributed by atoms with Gasteiger partial charge in [-0.15, -0.1) is 0 Å². The predicted octanol–water partition coefficient (Wildman–Crippen LogP) is 1.18. The Morgan fingerprint density at radius 3 is 2.33 bits per heavy atom. The van der Waals surface area contributed by atoms with Gasteiger partial charge in [-0.3, -0.25) is 4.79 Å². The van der Waals surface area contributed by atoms with E-state index in [1.165, 1.54) is 13.1 Å². The van der Waals surface area contributed by atoms with Gasteiger partial charge in [0.15, 0.2) is 0 Å². The van der Waals surface area contributed by atoms with E-state index in [0.717, 1.165) is 45.4 Å². The highest BCUT2D eigenvalue weighted by molar-refractivity contribution is 5.78. The second-order valence-electron chi connectivity index (χ2n) is 5.30. The van der Waals surface area contributed by atoms with Gasteiger partial charge in [-0.2, -0.15) is 0 Å². The van der Waals surface area contributed by atoms with E-state index in [9.17, 15) is 4.79 Å². The highest BCUT2D eigenvalue weighted by Gasteiger charge is 2.14. The molecule has 1 N–H and O–H groups in total. The first-order valence-electron chi connectivity index (χ1n) is 7.36.